The molecule has 0 aliphatic heterocycles. The van der Waals surface area contributed by atoms with Crippen molar-refractivity contribution in [3.63, 3.8) is 0 Å². The van der Waals surface area contributed by atoms with Gasteiger partial charge in [0.25, 0.3) is 0 Å². The Balaban J connectivity index is 1.18. The van der Waals surface area contributed by atoms with Crippen LogP contribution in [-0.2, 0) is 19.1 Å². The first-order valence-corrected chi connectivity index (χ1v) is 19.9. The van der Waals surface area contributed by atoms with Crippen LogP contribution in [0.2, 0.25) is 0 Å². The van der Waals surface area contributed by atoms with Gasteiger partial charge < -0.3 is 18.9 Å². The number of rotatable bonds is 23. The maximum atomic E-state index is 12.8. The monoisotopic (exact) mass is 758 g/mol. The first-order valence-electron chi connectivity index (χ1n) is 19.9. The van der Waals surface area contributed by atoms with E-state index in [-0.39, 0.29) is 11.9 Å². The quantitative estimate of drug-likeness (QED) is 0.0319. The van der Waals surface area contributed by atoms with Crippen molar-refractivity contribution in [2.45, 2.75) is 90.9 Å². The second-order valence-corrected chi connectivity index (χ2v) is 13.6. The van der Waals surface area contributed by atoms with Crippen LogP contribution in [0, 0.1) is 0 Å². The van der Waals surface area contributed by atoms with E-state index in [9.17, 15) is 19.2 Å². The molecule has 0 saturated carbocycles. The molecule has 56 heavy (non-hydrogen) atoms. The summed E-state index contributed by atoms with van der Waals surface area (Å²) in [5, 5.41) is 0. The first-order chi connectivity index (χ1) is 27.3. The minimum absolute atomic E-state index is 0.376. The summed E-state index contributed by atoms with van der Waals surface area (Å²) >= 11 is 0. The van der Waals surface area contributed by atoms with Gasteiger partial charge in [0, 0.05) is 12.2 Å². The van der Waals surface area contributed by atoms with Crippen molar-refractivity contribution in [3.05, 3.63) is 131 Å². The number of esters is 4. The van der Waals surface area contributed by atoms with E-state index in [4.69, 9.17) is 18.9 Å². The normalized spacial score (nSPS) is 11.1. The van der Waals surface area contributed by atoms with Crippen molar-refractivity contribution in [2.24, 2.45) is 0 Å². The fourth-order valence-electron chi connectivity index (χ4n) is 5.76. The maximum Gasteiger partial charge on any atom is 0.343 e. The summed E-state index contributed by atoms with van der Waals surface area (Å²) < 4.78 is 21.6. The molecule has 0 saturated heterocycles. The smallest absolute Gasteiger partial charge is 0.343 e. The predicted molar refractivity (Wildman–Crippen MR) is 221 cm³/mol. The van der Waals surface area contributed by atoms with E-state index < -0.39 is 11.9 Å². The van der Waals surface area contributed by atoms with Crippen LogP contribution in [-0.4, -0.2) is 37.1 Å². The number of carbonyl (C=O) groups excluding carboxylic acids is 4. The van der Waals surface area contributed by atoms with E-state index in [2.05, 4.69) is 13.8 Å². The molecule has 4 aromatic rings. The van der Waals surface area contributed by atoms with Crippen molar-refractivity contribution < 1.29 is 38.1 Å². The Hall–Kier alpha value is -5.76. The summed E-state index contributed by atoms with van der Waals surface area (Å²) in [5.74, 6) is -0.984. The van der Waals surface area contributed by atoms with Crippen LogP contribution in [0.5, 0.6) is 11.5 Å². The zero-order valence-corrected chi connectivity index (χ0v) is 32.7. The van der Waals surface area contributed by atoms with Crippen molar-refractivity contribution in [1.82, 2.24) is 0 Å². The summed E-state index contributed by atoms with van der Waals surface area (Å²) in [7, 11) is 0. The van der Waals surface area contributed by atoms with Crippen LogP contribution < -0.4 is 9.47 Å². The van der Waals surface area contributed by atoms with Gasteiger partial charge in [-0.2, -0.15) is 0 Å². The van der Waals surface area contributed by atoms with Crippen molar-refractivity contribution in [1.29, 1.82) is 0 Å². The molecule has 0 aliphatic rings. The molecule has 0 aromatic heterocycles. The lowest BCUT2D eigenvalue weighted by molar-refractivity contribution is -0.138. The third-order valence-electron chi connectivity index (χ3n) is 9.06. The number of carbonyl (C=O) groups is 4. The molecule has 0 N–H and O–H groups in total. The van der Waals surface area contributed by atoms with E-state index >= 15 is 0 Å². The molecule has 294 valence electrons. The van der Waals surface area contributed by atoms with Gasteiger partial charge in [-0.15, -0.1) is 0 Å². The molecule has 4 rings (SSSR count). The van der Waals surface area contributed by atoms with E-state index in [0.717, 1.165) is 47.9 Å². The maximum absolute atomic E-state index is 12.8. The fourth-order valence-corrected chi connectivity index (χ4v) is 5.76. The average Bonchev–Trinajstić information content (AvgIpc) is 3.22. The van der Waals surface area contributed by atoms with E-state index in [1.54, 1.807) is 84.9 Å². The lowest BCUT2D eigenvalue weighted by atomic mass is 10.0. The number of ether oxygens (including phenoxy) is 4. The zero-order valence-electron chi connectivity index (χ0n) is 32.7. The summed E-state index contributed by atoms with van der Waals surface area (Å²) in [4.78, 5) is 49.7. The summed E-state index contributed by atoms with van der Waals surface area (Å²) in [6.07, 6.45) is 19.7. The van der Waals surface area contributed by atoms with Crippen LogP contribution in [0.3, 0.4) is 0 Å². The molecule has 4 aromatic carbocycles. The van der Waals surface area contributed by atoms with Crippen molar-refractivity contribution in [3.8, 4) is 22.6 Å². The third-order valence-corrected chi connectivity index (χ3v) is 9.06. The van der Waals surface area contributed by atoms with Gasteiger partial charge in [0.1, 0.15) is 11.5 Å². The van der Waals surface area contributed by atoms with Gasteiger partial charge in [-0.1, -0.05) is 127 Å². The number of unbranched alkanes of at least 4 members (excludes halogenated alkanes) is 10. The topological polar surface area (TPSA) is 105 Å². The van der Waals surface area contributed by atoms with Gasteiger partial charge in [0.05, 0.1) is 24.3 Å². The number of benzene rings is 4. The molecular weight excluding hydrogens is 705 g/mol. The third kappa shape index (κ3) is 15.9. The van der Waals surface area contributed by atoms with Gasteiger partial charge in [-0.3, -0.25) is 0 Å². The first kappa shape index (κ1) is 43.0. The van der Waals surface area contributed by atoms with E-state index in [0.29, 0.717) is 35.8 Å². The van der Waals surface area contributed by atoms with Gasteiger partial charge in [0.15, 0.2) is 0 Å². The number of hydrogen-bond donors (Lipinski definition) is 0. The van der Waals surface area contributed by atoms with Crippen LogP contribution in [0.25, 0.3) is 23.3 Å². The fraction of sp³-hybridized carbons (Fsp3) is 0.333. The molecule has 0 atom stereocenters. The second-order valence-electron chi connectivity index (χ2n) is 13.6. The number of hydrogen-bond acceptors (Lipinski definition) is 8. The van der Waals surface area contributed by atoms with Crippen LogP contribution in [0.15, 0.2) is 109 Å². The summed E-state index contributed by atoms with van der Waals surface area (Å²) in [6, 6.07) is 27.7. The Morgan fingerprint density at radius 3 is 1.12 bits per heavy atom. The van der Waals surface area contributed by atoms with Crippen LogP contribution >= 0.6 is 0 Å². The van der Waals surface area contributed by atoms with Gasteiger partial charge in [-0.05, 0) is 95.8 Å². The molecule has 0 amide bonds. The second kappa shape index (κ2) is 24.6. The Kier molecular flexibility index (Phi) is 18.9. The van der Waals surface area contributed by atoms with Crippen molar-refractivity contribution in [2.75, 3.05) is 13.2 Å². The molecule has 0 spiro atoms. The van der Waals surface area contributed by atoms with E-state index in [1.807, 2.05) is 24.3 Å². The molecule has 0 heterocycles. The van der Waals surface area contributed by atoms with Crippen LogP contribution in [0.1, 0.15) is 123 Å². The van der Waals surface area contributed by atoms with Gasteiger partial charge in [-0.25, -0.2) is 19.2 Å². The molecule has 0 bridgehead atoms. The van der Waals surface area contributed by atoms with E-state index in [1.165, 1.54) is 63.5 Å². The minimum atomic E-state index is -0.499. The highest BCUT2D eigenvalue weighted by molar-refractivity contribution is 5.93. The largest absolute Gasteiger partial charge is 0.463 e. The van der Waals surface area contributed by atoms with Gasteiger partial charge >= 0.3 is 23.9 Å². The molecule has 0 radical (unpaired) electrons. The van der Waals surface area contributed by atoms with Crippen LogP contribution in [0.4, 0.5) is 0 Å². The highest BCUT2D eigenvalue weighted by Gasteiger charge is 2.12. The lowest BCUT2D eigenvalue weighted by Gasteiger charge is -2.08. The zero-order chi connectivity index (χ0) is 39.8. The standard InChI is InChI=1S/C48H54O8/c1-3-5-7-9-11-13-35-53-45(49)33-19-37-15-29-43(30-16-37)55-47(51)41-25-21-39(22-26-41)40-23-27-42(28-24-40)48(52)56-44-31-17-38(18-32-44)20-34-46(50)54-36-14-12-10-8-6-4-2/h15-34H,3-14,35-36H2,1-2H3/b33-19+,34-20+. The Morgan fingerprint density at radius 2 is 0.768 bits per heavy atom. The SMILES string of the molecule is CCCCCCCCOC(=O)/C=C/c1ccc(OC(=O)c2ccc(-c3ccc(C(=O)Oc4ccc(/C=C/C(=O)OCCCCCCCC)cc4)cc3)cc2)cc1. The Labute approximate surface area is 331 Å². The molecule has 0 aliphatic carbocycles. The molecule has 0 unspecified atom stereocenters. The van der Waals surface area contributed by atoms with Gasteiger partial charge in [0.2, 0.25) is 0 Å². The molecule has 8 heteroatoms. The Morgan fingerprint density at radius 1 is 0.429 bits per heavy atom. The van der Waals surface area contributed by atoms with Crippen molar-refractivity contribution >= 4 is 36.0 Å². The highest BCUT2D eigenvalue weighted by atomic mass is 16.5. The highest BCUT2D eigenvalue weighted by Crippen LogP contribution is 2.23. The molecule has 0 fully saturated rings. The summed E-state index contributed by atoms with van der Waals surface area (Å²) in [6.45, 7) is 5.22. The minimum Gasteiger partial charge on any atom is -0.463 e. The Bertz CT molecular complexity index is 1720. The predicted octanol–water partition coefficient (Wildman–Crippen LogP) is 11.6. The average molecular weight is 759 g/mol. The molecular formula is C48H54O8. The molecule has 8 nitrogen and oxygen atoms in total. The lowest BCUT2D eigenvalue weighted by Crippen LogP contribution is -2.08. The summed E-state index contributed by atoms with van der Waals surface area (Å²) in [5.41, 5.74) is 4.05.